The van der Waals surface area contributed by atoms with Crippen molar-refractivity contribution in [3.63, 3.8) is 0 Å². The van der Waals surface area contributed by atoms with E-state index in [1.807, 2.05) is 0 Å². The van der Waals surface area contributed by atoms with Gasteiger partial charge in [0.15, 0.2) is 0 Å². The molecule has 1 heteroatoms. The van der Waals surface area contributed by atoms with Gasteiger partial charge in [-0.1, -0.05) is 267 Å². The Labute approximate surface area is 441 Å². The van der Waals surface area contributed by atoms with E-state index in [0.717, 1.165) is 17.1 Å². The quantitative estimate of drug-likeness (QED) is 0.104. The molecule has 13 rings (SSSR count). The van der Waals surface area contributed by atoms with E-state index in [1.54, 1.807) is 0 Å². The van der Waals surface area contributed by atoms with E-state index in [2.05, 4.69) is 308 Å². The van der Waals surface area contributed by atoms with Gasteiger partial charge in [0.25, 0.3) is 0 Å². The summed E-state index contributed by atoms with van der Waals surface area (Å²) in [4.78, 5) is 2.36. The number of hydrogen-bond donors (Lipinski definition) is 0. The lowest BCUT2D eigenvalue weighted by atomic mass is 9.83. The fourth-order valence-electron chi connectivity index (χ4n) is 11.2. The van der Waals surface area contributed by atoms with Crippen LogP contribution >= 0.6 is 0 Å². The molecule has 356 valence electrons. The predicted octanol–water partition coefficient (Wildman–Crippen LogP) is 19.9. The minimum atomic E-state index is 0.0702. The molecule has 0 heterocycles. The Bertz CT molecular complexity index is 3750. The van der Waals surface area contributed by atoms with Gasteiger partial charge < -0.3 is 4.90 Å². The normalized spacial score (nSPS) is 14.9. The highest BCUT2D eigenvalue weighted by atomic mass is 15.1. The smallest absolute Gasteiger partial charge is 0.0462 e. The molecule has 0 amide bonds. The van der Waals surface area contributed by atoms with Crippen molar-refractivity contribution in [1.29, 1.82) is 0 Å². The molecular weight excluding hydrogens is 903 g/mol. The molecule has 0 spiro atoms. The van der Waals surface area contributed by atoms with Crippen LogP contribution in [0.5, 0.6) is 0 Å². The van der Waals surface area contributed by atoms with Gasteiger partial charge in [0.1, 0.15) is 0 Å². The first-order valence-electron chi connectivity index (χ1n) is 26.3. The molecule has 1 nitrogen and oxygen atoms in total. The van der Waals surface area contributed by atoms with Crippen LogP contribution in [0.25, 0.3) is 72.3 Å². The second kappa shape index (κ2) is 20.3. The van der Waals surface area contributed by atoms with Crippen molar-refractivity contribution < 1.29 is 0 Å². The Hall–Kier alpha value is -9.30. The van der Waals surface area contributed by atoms with Crippen molar-refractivity contribution in [3.8, 4) is 66.8 Å². The molecule has 0 aromatic heterocycles. The molecule has 0 radical (unpaired) electrons. The van der Waals surface area contributed by atoms with Gasteiger partial charge in [-0.15, -0.1) is 0 Å². The number of rotatable bonds is 13. The van der Waals surface area contributed by atoms with Crippen LogP contribution < -0.4 is 4.90 Å². The molecule has 2 aliphatic rings. The summed E-state index contributed by atoms with van der Waals surface area (Å²) in [7, 11) is 0. The van der Waals surface area contributed by atoms with E-state index in [4.69, 9.17) is 0 Å². The van der Waals surface area contributed by atoms with Crippen LogP contribution in [-0.4, -0.2) is 0 Å². The van der Waals surface area contributed by atoms with E-state index in [0.29, 0.717) is 11.8 Å². The fourth-order valence-corrected chi connectivity index (χ4v) is 11.2. The fraction of sp³-hybridized carbons (Fsp3) is 0.0541. The van der Waals surface area contributed by atoms with Crippen molar-refractivity contribution >= 4 is 22.6 Å². The first-order chi connectivity index (χ1) is 37.1. The second-order valence-electron chi connectivity index (χ2n) is 20.0. The lowest BCUT2D eigenvalue weighted by Crippen LogP contribution is -2.09. The van der Waals surface area contributed by atoms with Crippen LogP contribution in [0.2, 0.25) is 0 Å². The van der Waals surface area contributed by atoms with Crippen molar-refractivity contribution in [1.82, 2.24) is 0 Å². The van der Waals surface area contributed by atoms with Crippen LogP contribution in [0, 0.1) is 11.8 Å². The van der Waals surface area contributed by atoms with Crippen molar-refractivity contribution in [3.05, 3.63) is 326 Å². The van der Waals surface area contributed by atoms with Crippen LogP contribution in [-0.2, 0) is 0 Å². The third-order valence-electron chi connectivity index (χ3n) is 15.4. The van der Waals surface area contributed by atoms with E-state index >= 15 is 0 Å². The third kappa shape index (κ3) is 9.61. The number of anilines is 3. The van der Waals surface area contributed by atoms with Crippen LogP contribution in [0.15, 0.2) is 303 Å². The Kier molecular flexibility index (Phi) is 12.3. The number of fused-ring (bicyclic) bond motifs is 1. The van der Waals surface area contributed by atoms with E-state index in [-0.39, 0.29) is 5.92 Å². The molecule has 3 unspecified atom stereocenters. The Balaban J connectivity index is 0.792. The van der Waals surface area contributed by atoms with Gasteiger partial charge in [0, 0.05) is 23.0 Å². The van der Waals surface area contributed by atoms with Crippen LogP contribution in [0.4, 0.5) is 17.1 Å². The molecule has 2 aliphatic carbocycles. The Morgan fingerprint density at radius 2 is 0.520 bits per heavy atom. The summed E-state index contributed by atoms with van der Waals surface area (Å²) in [6.07, 6.45) is 8.21. The zero-order chi connectivity index (χ0) is 49.9. The molecule has 11 aromatic rings. The SMILES string of the molecule is C1=CC2CC2C(c2ccc(C(c3ccc(-c4ccc(-c5ccccc5)cc4)cc3)c3ccc(-c4ccc(N(c5ccc(-c6ccccc6)cc5)c5ccc(-c6ccc(-c7ccccc7)cc6)cc5)cc4)cc3)cc2)=C1. The van der Waals surface area contributed by atoms with Gasteiger partial charge in [-0.2, -0.15) is 0 Å². The average molecular weight is 958 g/mol. The lowest BCUT2D eigenvalue weighted by molar-refractivity contribution is 0.973. The predicted molar refractivity (Wildman–Crippen MR) is 316 cm³/mol. The van der Waals surface area contributed by atoms with Crippen molar-refractivity contribution in [2.75, 3.05) is 4.90 Å². The molecule has 0 N–H and O–H groups in total. The monoisotopic (exact) mass is 957 g/mol. The molecule has 0 saturated heterocycles. The van der Waals surface area contributed by atoms with E-state index in [9.17, 15) is 0 Å². The highest BCUT2D eigenvalue weighted by Crippen LogP contribution is 2.51. The second-order valence-corrected chi connectivity index (χ2v) is 20.0. The van der Waals surface area contributed by atoms with Gasteiger partial charge in [-0.25, -0.2) is 0 Å². The molecule has 3 atom stereocenters. The van der Waals surface area contributed by atoms with Crippen molar-refractivity contribution in [2.24, 2.45) is 11.8 Å². The molecular formula is C74H55N. The highest BCUT2D eigenvalue weighted by molar-refractivity contribution is 5.82. The largest absolute Gasteiger partial charge is 0.311 e. The van der Waals surface area contributed by atoms with Gasteiger partial charge in [-0.05, 0) is 149 Å². The highest BCUT2D eigenvalue weighted by Gasteiger charge is 2.39. The summed E-state index contributed by atoms with van der Waals surface area (Å²) >= 11 is 0. The van der Waals surface area contributed by atoms with Crippen LogP contribution in [0.3, 0.4) is 0 Å². The minimum absolute atomic E-state index is 0.0702. The van der Waals surface area contributed by atoms with Gasteiger partial charge in [-0.3, -0.25) is 0 Å². The molecule has 0 aliphatic heterocycles. The summed E-state index contributed by atoms with van der Waals surface area (Å²) in [5, 5.41) is 0. The maximum Gasteiger partial charge on any atom is 0.0462 e. The lowest BCUT2D eigenvalue weighted by Gasteiger charge is -2.26. The topological polar surface area (TPSA) is 3.24 Å². The zero-order valence-corrected chi connectivity index (χ0v) is 41.8. The van der Waals surface area contributed by atoms with E-state index < -0.39 is 0 Å². The van der Waals surface area contributed by atoms with Gasteiger partial charge in [0.2, 0.25) is 0 Å². The van der Waals surface area contributed by atoms with E-state index in [1.165, 1.54) is 101 Å². The first-order valence-corrected chi connectivity index (χ1v) is 26.3. The molecule has 11 aromatic carbocycles. The summed E-state index contributed by atoms with van der Waals surface area (Å²) in [5.41, 5.74) is 24.4. The molecule has 75 heavy (non-hydrogen) atoms. The summed E-state index contributed by atoms with van der Waals surface area (Å²) in [6.45, 7) is 0. The standard InChI is InChI=1S/C74H55N/c1-4-11-52(12-5-1)55-19-23-57(24-20-55)59-27-33-65(34-28-59)74(67-37-31-64(32-38-67)72-18-10-17-68-51-73(68)72)66-35-29-60(30-36-66)63-43-49-71(50-44-63)75(69-45-39-61(40-46-69)54-15-8-3-9-16-54)70-47-41-62(42-48-70)58-25-21-56(22-26-58)53-13-6-2-7-14-53/h1-50,68,73-74H,51H2. The van der Waals surface area contributed by atoms with Crippen LogP contribution in [0.1, 0.15) is 34.6 Å². The van der Waals surface area contributed by atoms with Gasteiger partial charge in [0.05, 0.1) is 0 Å². The summed E-state index contributed by atoms with van der Waals surface area (Å²) in [6, 6.07) is 104. The number of nitrogens with zero attached hydrogens (tertiary/aromatic N) is 1. The van der Waals surface area contributed by atoms with Crippen molar-refractivity contribution in [2.45, 2.75) is 12.3 Å². The maximum absolute atomic E-state index is 2.37. The number of hydrogen-bond acceptors (Lipinski definition) is 1. The molecule has 0 bridgehead atoms. The molecule has 1 saturated carbocycles. The summed E-state index contributed by atoms with van der Waals surface area (Å²) in [5.74, 6) is 1.45. The summed E-state index contributed by atoms with van der Waals surface area (Å²) < 4.78 is 0. The first kappa shape index (κ1) is 45.6. The minimum Gasteiger partial charge on any atom is -0.311 e. The average Bonchev–Trinajstić information content (AvgIpc) is 4.31. The number of allylic oxidation sites excluding steroid dienone is 4. The third-order valence-corrected chi connectivity index (χ3v) is 15.4. The Morgan fingerprint density at radius 1 is 0.267 bits per heavy atom. The Morgan fingerprint density at radius 3 is 0.827 bits per heavy atom. The van der Waals surface area contributed by atoms with Gasteiger partial charge >= 0.3 is 0 Å². The molecule has 1 fully saturated rings. The number of benzene rings is 11. The maximum atomic E-state index is 2.37. The zero-order valence-electron chi connectivity index (χ0n) is 41.8.